The Bertz CT molecular complexity index is 471. The number of hydrogen-bond donors (Lipinski definition) is 2. The number of morpholine rings is 1. The van der Waals surface area contributed by atoms with Gasteiger partial charge >= 0.3 is 0 Å². The molecule has 0 spiro atoms. The second-order valence-electron chi connectivity index (χ2n) is 5.91. The fraction of sp³-hybridized carbons (Fsp3) is 0.533. The number of aliphatic hydroxyl groups is 1. The first-order valence-corrected chi connectivity index (χ1v) is 6.79. The van der Waals surface area contributed by atoms with Crippen LogP contribution >= 0.6 is 0 Å². The molecule has 0 bridgehead atoms. The molecule has 1 atom stereocenters. The minimum atomic E-state index is -0.413. The Hall–Kier alpha value is -1.43. The Morgan fingerprint density at radius 1 is 1.45 bits per heavy atom. The molecule has 110 valence electrons. The molecular weight excluding hydrogens is 256 g/mol. The van der Waals surface area contributed by atoms with Gasteiger partial charge < -0.3 is 15.6 Å². The van der Waals surface area contributed by atoms with E-state index in [1.54, 1.807) is 12.1 Å². The fourth-order valence-electron chi connectivity index (χ4n) is 2.66. The van der Waals surface area contributed by atoms with E-state index in [2.05, 4.69) is 4.90 Å². The maximum Gasteiger partial charge on any atom is 0.248 e. The van der Waals surface area contributed by atoms with Crippen molar-refractivity contribution in [3.63, 3.8) is 0 Å². The third kappa shape index (κ3) is 3.79. The van der Waals surface area contributed by atoms with Gasteiger partial charge in [-0.3, -0.25) is 9.69 Å². The molecule has 0 saturated carbocycles. The van der Waals surface area contributed by atoms with Crippen LogP contribution in [0.25, 0.3) is 0 Å². The third-order valence-electron chi connectivity index (χ3n) is 3.40. The zero-order chi connectivity index (χ0) is 14.8. The lowest BCUT2D eigenvalue weighted by Gasteiger charge is -2.42. The molecule has 1 saturated heterocycles. The van der Waals surface area contributed by atoms with Crippen LogP contribution in [0.4, 0.5) is 0 Å². The molecule has 1 aliphatic heterocycles. The van der Waals surface area contributed by atoms with Crippen molar-refractivity contribution in [2.45, 2.75) is 32.1 Å². The van der Waals surface area contributed by atoms with Crippen molar-refractivity contribution < 1.29 is 14.6 Å². The smallest absolute Gasteiger partial charge is 0.248 e. The Kier molecular flexibility index (Phi) is 4.42. The Labute approximate surface area is 119 Å². The first-order valence-electron chi connectivity index (χ1n) is 6.79. The van der Waals surface area contributed by atoms with Crippen molar-refractivity contribution in [2.24, 2.45) is 5.73 Å². The highest BCUT2D eigenvalue weighted by Gasteiger charge is 2.32. The Morgan fingerprint density at radius 3 is 2.65 bits per heavy atom. The lowest BCUT2D eigenvalue weighted by Crippen LogP contribution is -2.53. The van der Waals surface area contributed by atoms with Crippen LogP contribution in [0, 0.1) is 0 Å². The number of carbonyl (C=O) groups excluding carboxylic acids is 1. The van der Waals surface area contributed by atoms with Gasteiger partial charge in [0.2, 0.25) is 5.91 Å². The molecule has 1 aromatic carbocycles. The van der Waals surface area contributed by atoms with Crippen LogP contribution in [-0.4, -0.2) is 47.3 Å². The highest BCUT2D eigenvalue weighted by atomic mass is 16.5. The summed E-state index contributed by atoms with van der Waals surface area (Å²) in [5.41, 5.74) is 6.59. The van der Waals surface area contributed by atoms with Crippen LogP contribution < -0.4 is 5.73 Å². The predicted octanol–water partition coefficient (Wildman–Crippen LogP) is 0.757. The van der Waals surface area contributed by atoms with E-state index in [1.807, 2.05) is 26.0 Å². The minimum Gasteiger partial charge on any atom is -0.394 e. The first-order chi connectivity index (χ1) is 9.39. The lowest BCUT2D eigenvalue weighted by molar-refractivity contribution is -0.150. The molecule has 5 nitrogen and oxygen atoms in total. The van der Waals surface area contributed by atoms with Gasteiger partial charge in [-0.25, -0.2) is 0 Å². The van der Waals surface area contributed by atoms with Gasteiger partial charge in [0, 0.05) is 25.2 Å². The average Bonchev–Trinajstić information content (AvgIpc) is 2.37. The number of primary amides is 1. The number of carbonyl (C=O) groups is 1. The van der Waals surface area contributed by atoms with Crippen LogP contribution in [-0.2, 0) is 11.3 Å². The normalized spacial score (nSPS) is 22.6. The molecule has 1 fully saturated rings. The number of aliphatic hydroxyl groups excluding tert-OH is 1. The average molecular weight is 278 g/mol. The molecule has 0 radical (unpaired) electrons. The maximum absolute atomic E-state index is 11.0. The van der Waals surface area contributed by atoms with Crippen LogP contribution in [0.5, 0.6) is 0 Å². The molecule has 2 rings (SSSR count). The molecule has 0 aromatic heterocycles. The fourth-order valence-corrected chi connectivity index (χ4v) is 2.66. The zero-order valence-electron chi connectivity index (χ0n) is 12.0. The number of nitrogens with zero attached hydrogens (tertiary/aromatic N) is 1. The number of nitrogens with two attached hydrogens (primary N) is 1. The summed E-state index contributed by atoms with van der Waals surface area (Å²) in [5.74, 6) is -0.413. The first kappa shape index (κ1) is 15.0. The van der Waals surface area contributed by atoms with Crippen molar-refractivity contribution in [3.8, 4) is 0 Å². The van der Waals surface area contributed by atoms with E-state index in [9.17, 15) is 9.90 Å². The van der Waals surface area contributed by atoms with Gasteiger partial charge in [-0.05, 0) is 31.5 Å². The van der Waals surface area contributed by atoms with E-state index in [1.165, 1.54) is 0 Å². The number of rotatable bonds is 4. The summed E-state index contributed by atoms with van der Waals surface area (Å²) in [6, 6.07) is 7.31. The minimum absolute atomic E-state index is 0.0283. The monoisotopic (exact) mass is 278 g/mol. The summed E-state index contributed by atoms with van der Waals surface area (Å²) in [5, 5.41) is 9.30. The van der Waals surface area contributed by atoms with Gasteiger partial charge in [-0.2, -0.15) is 0 Å². The van der Waals surface area contributed by atoms with Crippen LogP contribution in [0.3, 0.4) is 0 Å². The highest BCUT2D eigenvalue weighted by molar-refractivity contribution is 5.92. The Morgan fingerprint density at radius 2 is 2.10 bits per heavy atom. The maximum atomic E-state index is 11.0. The van der Waals surface area contributed by atoms with Crippen LogP contribution in [0.2, 0.25) is 0 Å². The van der Waals surface area contributed by atoms with Gasteiger partial charge in [0.15, 0.2) is 0 Å². The third-order valence-corrected chi connectivity index (χ3v) is 3.40. The summed E-state index contributed by atoms with van der Waals surface area (Å²) in [6.45, 7) is 6.36. The molecular formula is C15H22N2O3. The van der Waals surface area contributed by atoms with E-state index in [-0.39, 0.29) is 18.3 Å². The molecule has 3 N–H and O–H groups in total. The predicted molar refractivity (Wildman–Crippen MR) is 76.3 cm³/mol. The van der Waals surface area contributed by atoms with Gasteiger partial charge in [0.05, 0.1) is 18.3 Å². The van der Waals surface area contributed by atoms with Crippen molar-refractivity contribution in [1.29, 1.82) is 0 Å². The van der Waals surface area contributed by atoms with E-state index in [0.717, 1.165) is 18.7 Å². The second-order valence-corrected chi connectivity index (χ2v) is 5.91. The largest absolute Gasteiger partial charge is 0.394 e. The number of benzene rings is 1. The van der Waals surface area contributed by atoms with Crippen LogP contribution in [0.1, 0.15) is 29.8 Å². The second kappa shape index (κ2) is 5.91. The standard InChI is InChI=1S/C15H22N2O3/c1-15(2)10-17(8-13(9-18)20-15)7-11-3-5-12(6-4-11)14(16)19/h3-6,13,18H,7-10H2,1-2H3,(H2,16,19). The molecule has 5 heteroatoms. The van der Waals surface area contributed by atoms with Gasteiger partial charge in [-0.15, -0.1) is 0 Å². The van der Waals surface area contributed by atoms with E-state index < -0.39 is 5.91 Å². The molecule has 1 aromatic rings. The number of ether oxygens (including phenoxy) is 1. The van der Waals surface area contributed by atoms with E-state index >= 15 is 0 Å². The topological polar surface area (TPSA) is 75.8 Å². The SMILES string of the molecule is CC1(C)CN(Cc2ccc(C(N)=O)cc2)CC(CO)O1. The van der Waals surface area contributed by atoms with Gasteiger partial charge in [0.25, 0.3) is 0 Å². The number of amides is 1. The quantitative estimate of drug-likeness (QED) is 0.852. The van der Waals surface area contributed by atoms with Crippen molar-refractivity contribution in [1.82, 2.24) is 4.90 Å². The lowest BCUT2D eigenvalue weighted by atomic mass is 10.0. The van der Waals surface area contributed by atoms with Crippen molar-refractivity contribution in [3.05, 3.63) is 35.4 Å². The molecule has 0 aliphatic carbocycles. The van der Waals surface area contributed by atoms with Crippen LogP contribution in [0.15, 0.2) is 24.3 Å². The van der Waals surface area contributed by atoms with Crippen molar-refractivity contribution in [2.75, 3.05) is 19.7 Å². The van der Waals surface area contributed by atoms with E-state index in [4.69, 9.17) is 10.5 Å². The van der Waals surface area contributed by atoms with Crippen molar-refractivity contribution >= 4 is 5.91 Å². The van der Waals surface area contributed by atoms with Gasteiger partial charge in [-0.1, -0.05) is 12.1 Å². The molecule has 20 heavy (non-hydrogen) atoms. The zero-order valence-corrected chi connectivity index (χ0v) is 12.0. The summed E-state index contributed by atoms with van der Waals surface area (Å²) in [4.78, 5) is 13.3. The van der Waals surface area contributed by atoms with E-state index in [0.29, 0.717) is 12.1 Å². The summed E-state index contributed by atoms with van der Waals surface area (Å²) in [7, 11) is 0. The summed E-state index contributed by atoms with van der Waals surface area (Å²) < 4.78 is 5.79. The molecule has 1 aliphatic rings. The highest BCUT2D eigenvalue weighted by Crippen LogP contribution is 2.22. The molecule has 1 unspecified atom stereocenters. The number of hydrogen-bond acceptors (Lipinski definition) is 4. The van der Waals surface area contributed by atoms with Gasteiger partial charge in [0.1, 0.15) is 0 Å². The molecule has 1 heterocycles. The Balaban J connectivity index is 2.03. The summed E-state index contributed by atoms with van der Waals surface area (Å²) in [6.07, 6.45) is -0.149. The molecule has 1 amide bonds. The summed E-state index contributed by atoms with van der Waals surface area (Å²) >= 11 is 0.